The molecule has 39 heavy (non-hydrogen) atoms. The van der Waals surface area contributed by atoms with Crippen molar-refractivity contribution in [2.24, 2.45) is 0 Å². The number of nitrogens with one attached hydrogen (secondary N) is 2. The summed E-state index contributed by atoms with van der Waals surface area (Å²) in [7, 11) is 0. The average molecular weight is 533 g/mol. The molecule has 3 N–H and O–H groups in total. The molecule has 204 valence electrons. The third-order valence-corrected chi connectivity index (χ3v) is 6.85. The fourth-order valence-electron chi connectivity index (χ4n) is 4.73. The van der Waals surface area contributed by atoms with Gasteiger partial charge in [-0.3, -0.25) is 9.20 Å². The van der Waals surface area contributed by atoms with E-state index >= 15 is 0 Å². The molecule has 0 atom stereocenters. The molecule has 0 bridgehead atoms. The largest absolute Gasteiger partial charge is 0.467 e. The lowest BCUT2D eigenvalue weighted by Crippen LogP contribution is -2.48. The van der Waals surface area contributed by atoms with Crippen molar-refractivity contribution >= 4 is 29.3 Å². The number of furan rings is 1. The number of carbonyl (C=O) groups excluding carboxylic acids is 1. The Labute approximate surface area is 225 Å². The summed E-state index contributed by atoms with van der Waals surface area (Å²) < 4.78 is 7.21. The molecule has 1 saturated heterocycles. The van der Waals surface area contributed by atoms with E-state index < -0.39 is 6.09 Å². The lowest BCUT2D eigenvalue weighted by atomic mass is 10.1. The Balaban J connectivity index is 1.14. The van der Waals surface area contributed by atoms with Gasteiger partial charge in [0, 0.05) is 56.6 Å². The van der Waals surface area contributed by atoms with Crippen LogP contribution in [0.5, 0.6) is 0 Å². The van der Waals surface area contributed by atoms with Crippen molar-refractivity contribution in [1.29, 1.82) is 0 Å². The number of rotatable bonds is 11. The van der Waals surface area contributed by atoms with E-state index in [1.54, 1.807) is 18.8 Å². The number of anilines is 2. The Hall–Kier alpha value is -4.61. The highest BCUT2D eigenvalue weighted by Gasteiger charge is 2.21. The first-order valence-corrected chi connectivity index (χ1v) is 13.1. The van der Waals surface area contributed by atoms with Gasteiger partial charge in [0.25, 0.3) is 0 Å². The fourth-order valence-corrected chi connectivity index (χ4v) is 4.73. The van der Waals surface area contributed by atoms with E-state index in [4.69, 9.17) is 9.52 Å². The van der Waals surface area contributed by atoms with Gasteiger partial charge in [-0.1, -0.05) is 18.6 Å². The van der Waals surface area contributed by atoms with Crippen LogP contribution in [0.3, 0.4) is 0 Å². The van der Waals surface area contributed by atoms with Crippen LogP contribution in [-0.2, 0) is 11.3 Å². The summed E-state index contributed by atoms with van der Waals surface area (Å²) in [5.74, 6) is 1.61. The summed E-state index contributed by atoms with van der Waals surface area (Å²) in [6.45, 7) is 3.87. The number of carbonyl (C=O) groups is 2. The predicted molar refractivity (Wildman–Crippen MR) is 146 cm³/mol. The summed E-state index contributed by atoms with van der Waals surface area (Å²) in [5.41, 5.74) is 3.70. The Morgan fingerprint density at radius 3 is 2.59 bits per heavy atom. The Kier molecular flexibility index (Phi) is 8.20. The van der Waals surface area contributed by atoms with Gasteiger partial charge in [0.2, 0.25) is 11.9 Å². The molecule has 1 aliphatic heterocycles. The SMILES string of the molecule is O=C(O)NCCCCCC(=O)N1CCN(c2ccc(-c3cnc(NCc4ccco4)n4cnnc34)cc2)CC1. The second-order valence-corrected chi connectivity index (χ2v) is 9.41. The molecule has 12 nitrogen and oxygen atoms in total. The van der Waals surface area contributed by atoms with E-state index in [1.165, 1.54) is 0 Å². The molecule has 4 heterocycles. The van der Waals surface area contributed by atoms with Crippen molar-refractivity contribution in [2.45, 2.75) is 32.2 Å². The molecule has 0 saturated carbocycles. The average Bonchev–Trinajstić information content (AvgIpc) is 3.66. The third-order valence-electron chi connectivity index (χ3n) is 6.85. The van der Waals surface area contributed by atoms with E-state index in [0.717, 1.165) is 54.9 Å². The van der Waals surface area contributed by atoms with Crippen LogP contribution < -0.4 is 15.5 Å². The van der Waals surface area contributed by atoms with Gasteiger partial charge in [-0.2, -0.15) is 0 Å². The maximum atomic E-state index is 12.6. The van der Waals surface area contributed by atoms with E-state index in [2.05, 4.69) is 55.0 Å². The summed E-state index contributed by atoms with van der Waals surface area (Å²) in [6, 6.07) is 12.1. The molecule has 1 fully saturated rings. The maximum absolute atomic E-state index is 12.6. The van der Waals surface area contributed by atoms with Crippen LogP contribution in [0.4, 0.5) is 16.4 Å². The smallest absolute Gasteiger partial charge is 0.404 e. The monoisotopic (exact) mass is 532 g/mol. The number of fused-ring (bicyclic) bond motifs is 1. The second kappa shape index (κ2) is 12.3. The summed E-state index contributed by atoms with van der Waals surface area (Å²) in [6.07, 6.45) is 6.93. The topological polar surface area (TPSA) is 141 Å². The zero-order chi connectivity index (χ0) is 27.0. The highest BCUT2D eigenvalue weighted by atomic mass is 16.4. The Morgan fingerprint density at radius 1 is 1.03 bits per heavy atom. The second-order valence-electron chi connectivity index (χ2n) is 9.41. The van der Waals surface area contributed by atoms with Crippen LogP contribution in [-0.4, -0.2) is 74.3 Å². The molecule has 4 aromatic rings. The van der Waals surface area contributed by atoms with E-state index in [9.17, 15) is 9.59 Å². The number of benzene rings is 1. The molecular formula is C27H32N8O4. The molecule has 1 aliphatic rings. The molecule has 1 aromatic carbocycles. The number of carboxylic acid groups (broad SMARTS) is 1. The summed E-state index contributed by atoms with van der Waals surface area (Å²) in [5, 5.41) is 22.6. The van der Waals surface area contributed by atoms with Crippen LogP contribution >= 0.6 is 0 Å². The first kappa shape index (κ1) is 26.0. The molecule has 3 aromatic heterocycles. The van der Waals surface area contributed by atoms with Crippen molar-refractivity contribution in [2.75, 3.05) is 42.9 Å². The predicted octanol–water partition coefficient (Wildman–Crippen LogP) is 3.47. The minimum atomic E-state index is -1.01. The van der Waals surface area contributed by atoms with Gasteiger partial charge in [0.1, 0.15) is 12.1 Å². The number of nitrogens with zero attached hydrogens (tertiary/aromatic N) is 6. The highest BCUT2D eigenvalue weighted by molar-refractivity contribution is 5.79. The Bertz CT molecular complexity index is 1380. The van der Waals surface area contributed by atoms with Gasteiger partial charge in [0.05, 0.1) is 12.8 Å². The van der Waals surface area contributed by atoms with Crippen molar-refractivity contribution in [3.8, 4) is 11.1 Å². The summed E-state index contributed by atoms with van der Waals surface area (Å²) >= 11 is 0. The van der Waals surface area contributed by atoms with Crippen LogP contribution in [0.2, 0.25) is 0 Å². The van der Waals surface area contributed by atoms with Crippen molar-refractivity contribution < 1.29 is 19.1 Å². The summed E-state index contributed by atoms with van der Waals surface area (Å²) in [4.78, 5) is 31.8. The zero-order valence-corrected chi connectivity index (χ0v) is 21.6. The highest BCUT2D eigenvalue weighted by Crippen LogP contribution is 2.27. The van der Waals surface area contributed by atoms with Crippen molar-refractivity contribution in [3.63, 3.8) is 0 Å². The van der Waals surface area contributed by atoms with Gasteiger partial charge in [-0.15, -0.1) is 10.2 Å². The first-order valence-electron chi connectivity index (χ1n) is 13.1. The first-order chi connectivity index (χ1) is 19.1. The standard InChI is InChI=1S/C27H32N8O4/c36-24(6-2-1-3-11-28-27(37)38)34-14-12-33(13-15-34)21-9-7-20(8-10-21)23-18-30-26(35-19-31-32-25(23)35)29-17-22-5-4-16-39-22/h4-5,7-10,16,18-19,28H,1-3,6,11-15,17H2,(H,29,30)(H,37,38). The van der Waals surface area contributed by atoms with Gasteiger partial charge < -0.3 is 30.0 Å². The fraction of sp³-hybridized carbons (Fsp3) is 0.370. The van der Waals surface area contributed by atoms with E-state index in [0.29, 0.717) is 44.2 Å². The quantitative estimate of drug-likeness (QED) is 0.248. The number of amides is 2. The molecule has 0 radical (unpaired) electrons. The van der Waals surface area contributed by atoms with Gasteiger partial charge in [-0.05, 0) is 42.7 Å². The van der Waals surface area contributed by atoms with E-state index in [-0.39, 0.29) is 5.91 Å². The lowest BCUT2D eigenvalue weighted by molar-refractivity contribution is -0.131. The molecule has 0 aliphatic carbocycles. The number of hydrogen-bond donors (Lipinski definition) is 3. The number of aromatic nitrogens is 4. The van der Waals surface area contributed by atoms with Crippen LogP contribution in [0.15, 0.2) is 59.6 Å². The van der Waals surface area contributed by atoms with Gasteiger partial charge in [-0.25, -0.2) is 9.78 Å². The zero-order valence-electron chi connectivity index (χ0n) is 21.6. The molecule has 5 rings (SSSR count). The van der Waals surface area contributed by atoms with Gasteiger partial charge >= 0.3 is 6.09 Å². The Morgan fingerprint density at radius 2 is 1.85 bits per heavy atom. The molecule has 0 unspecified atom stereocenters. The van der Waals surface area contributed by atoms with Crippen molar-refractivity contribution in [3.05, 3.63) is 60.9 Å². The minimum Gasteiger partial charge on any atom is -0.467 e. The van der Waals surface area contributed by atoms with Crippen LogP contribution in [0, 0.1) is 0 Å². The lowest BCUT2D eigenvalue weighted by Gasteiger charge is -2.36. The minimum absolute atomic E-state index is 0.170. The van der Waals surface area contributed by atoms with E-state index in [1.807, 2.05) is 21.4 Å². The van der Waals surface area contributed by atoms with Gasteiger partial charge in [0.15, 0.2) is 5.65 Å². The van der Waals surface area contributed by atoms with Crippen molar-refractivity contribution in [1.82, 2.24) is 29.8 Å². The molecule has 12 heteroatoms. The molecule has 0 spiro atoms. The maximum Gasteiger partial charge on any atom is 0.404 e. The molecule has 2 amide bonds. The number of unbranched alkanes of at least 4 members (excludes halogenated alkanes) is 2. The van der Waals surface area contributed by atoms with Crippen LogP contribution in [0.1, 0.15) is 31.4 Å². The third kappa shape index (κ3) is 6.46. The normalized spacial score (nSPS) is 13.5. The van der Waals surface area contributed by atoms with Crippen LogP contribution in [0.25, 0.3) is 16.8 Å². The number of piperazine rings is 1. The molecular weight excluding hydrogens is 500 g/mol. The number of hydrogen-bond acceptors (Lipinski definition) is 8.